The van der Waals surface area contributed by atoms with Gasteiger partial charge in [-0.05, 0) is 62.4 Å². The van der Waals surface area contributed by atoms with E-state index in [2.05, 4.69) is 40.2 Å². The van der Waals surface area contributed by atoms with Crippen LogP contribution in [0.15, 0.2) is 59.4 Å². The van der Waals surface area contributed by atoms with E-state index in [1.807, 2.05) is 28.8 Å². The second kappa shape index (κ2) is 9.83. The van der Waals surface area contributed by atoms with Crippen LogP contribution in [0.25, 0.3) is 11.0 Å². The Morgan fingerprint density at radius 2 is 1.61 bits per heavy atom. The topological polar surface area (TPSA) is 70.6 Å². The van der Waals surface area contributed by atoms with Gasteiger partial charge in [-0.2, -0.15) is 0 Å². The predicted octanol–water partition coefficient (Wildman–Crippen LogP) is 4.02. The number of imidazole rings is 1. The van der Waals surface area contributed by atoms with Crippen molar-refractivity contribution in [1.29, 1.82) is 0 Å². The first-order valence-electron chi connectivity index (χ1n) is 12.0. The van der Waals surface area contributed by atoms with Crippen LogP contribution in [0.1, 0.15) is 37.3 Å². The molecule has 1 aromatic heterocycles. The van der Waals surface area contributed by atoms with Crippen LogP contribution in [0.3, 0.4) is 0 Å². The molecule has 1 amide bonds. The number of para-hydroxylation sites is 2. The molecule has 0 unspecified atom stereocenters. The lowest BCUT2D eigenvalue weighted by molar-refractivity contribution is 0.0604. The first kappa shape index (κ1) is 21.8. The van der Waals surface area contributed by atoms with E-state index in [0.717, 1.165) is 56.4 Å². The molecular formula is C26H32N4O3. The van der Waals surface area contributed by atoms with Crippen molar-refractivity contribution in [3.63, 3.8) is 0 Å². The number of nitrogens with zero attached hydrogens (tertiary/aromatic N) is 3. The summed E-state index contributed by atoms with van der Waals surface area (Å²) in [6, 6.07) is 18.4. The Morgan fingerprint density at radius 3 is 2.36 bits per heavy atom. The normalized spacial score (nSPS) is 18.6. The molecule has 0 aliphatic carbocycles. The molecule has 5 rings (SSSR count). The van der Waals surface area contributed by atoms with E-state index in [-0.39, 0.29) is 17.8 Å². The van der Waals surface area contributed by atoms with Gasteiger partial charge in [-0.25, -0.2) is 9.59 Å². The van der Waals surface area contributed by atoms with Crippen LogP contribution in [-0.2, 0) is 11.3 Å². The Labute approximate surface area is 193 Å². The molecule has 2 fully saturated rings. The van der Waals surface area contributed by atoms with E-state index in [4.69, 9.17) is 4.74 Å². The van der Waals surface area contributed by atoms with E-state index in [0.29, 0.717) is 25.6 Å². The zero-order valence-electron chi connectivity index (χ0n) is 19.0. The fourth-order valence-electron chi connectivity index (χ4n) is 5.18. The van der Waals surface area contributed by atoms with E-state index in [1.54, 1.807) is 4.90 Å². The lowest BCUT2D eigenvalue weighted by Crippen LogP contribution is -2.41. The van der Waals surface area contributed by atoms with Crippen molar-refractivity contribution in [1.82, 2.24) is 19.4 Å². The number of piperidine rings is 2. The van der Waals surface area contributed by atoms with Gasteiger partial charge in [0.2, 0.25) is 0 Å². The molecule has 174 valence electrons. The van der Waals surface area contributed by atoms with Gasteiger partial charge in [0.15, 0.2) is 0 Å². The van der Waals surface area contributed by atoms with Crippen molar-refractivity contribution in [3.05, 3.63) is 70.6 Å². The standard InChI is InChI=1S/C26H32N4O3/c31-25-27-23-8-4-5-9-24(23)30(25)22-12-16-29(17-13-22)26(32)33-19-21-10-14-28(15-11-21)18-20-6-2-1-3-7-20/h1-9,21-22H,10-19H2,(H,27,31). The van der Waals surface area contributed by atoms with E-state index >= 15 is 0 Å². The van der Waals surface area contributed by atoms with Crippen molar-refractivity contribution >= 4 is 17.1 Å². The molecule has 0 atom stereocenters. The summed E-state index contributed by atoms with van der Waals surface area (Å²) in [5.74, 6) is 0.434. The Balaban J connectivity index is 1.06. The Morgan fingerprint density at radius 1 is 0.909 bits per heavy atom. The number of benzene rings is 2. The smallest absolute Gasteiger partial charge is 0.409 e. The van der Waals surface area contributed by atoms with Gasteiger partial charge in [-0.1, -0.05) is 42.5 Å². The molecule has 0 radical (unpaired) electrons. The molecule has 0 spiro atoms. The summed E-state index contributed by atoms with van der Waals surface area (Å²) in [6.07, 6.45) is 3.42. The van der Waals surface area contributed by atoms with Crippen molar-refractivity contribution in [3.8, 4) is 0 Å². The molecule has 7 heteroatoms. The first-order valence-corrected chi connectivity index (χ1v) is 12.0. The average molecular weight is 449 g/mol. The van der Waals surface area contributed by atoms with Gasteiger partial charge in [-0.3, -0.25) is 9.47 Å². The number of likely N-dealkylation sites (tertiary alicyclic amines) is 2. The van der Waals surface area contributed by atoms with Crippen molar-refractivity contribution in [2.75, 3.05) is 32.8 Å². The number of aromatic amines is 1. The second-order valence-electron chi connectivity index (χ2n) is 9.32. The Kier molecular flexibility index (Phi) is 6.48. The van der Waals surface area contributed by atoms with Gasteiger partial charge < -0.3 is 14.6 Å². The molecule has 2 aliphatic rings. The summed E-state index contributed by atoms with van der Waals surface area (Å²) < 4.78 is 7.54. The highest BCUT2D eigenvalue weighted by atomic mass is 16.6. The van der Waals surface area contributed by atoms with Gasteiger partial charge in [-0.15, -0.1) is 0 Å². The zero-order valence-corrected chi connectivity index (χ0v) is 19.0. The van der Waals surface area contributed by atoms with Crippen LogP contribution in [0.2, 0.25) is 0 Å². The van der Waals surface area contributed by atoms with E-state index < -0.39 is 0 Å². The minimum absolute atomic E-state index is 0.0733. The number of rotatable bonds is 5. The molecule has 3 aromatic rings. The molecule has 0 bridgehead atoms. The second-order valence-corrected chi connectivity index (χ2v) is 9.32. The summed E-state index contributed by atoms with van der Waals surface area (Å²) in [5, 5.41) is 0. The number of hydrogen-bond donors (Lipinski definition) is 1. The highest BCUT2D eigenvalue weighted by Crippen LogP contribution is 2.26. The lowest BCUT2D eigenvalue weighted by atomic mass is 9.97. The average Bonchev–Trinajstić information content (AvgIpc) is 3.20. The number of carbonyl (C=O) groups excluding carboxylic acids is 1. The Bertz CT molecular complexity index is 1120. The minimum atomic E-state index is -0.216. The lowest BCUT2D eigenvalue weighted by Gasteiger charge is -2.34. The third-order valence-electron chi connectivity index (χ3n) is 7.11. The number of hydrogen-bond acceptors (Lipinski definition) is 4. The maximum absolute atomic E-state index is 12.6. The molecule has 2 aliphatic heterocycles. The number of H-pyrrole nitrogens is 1. The minimum Gasteiger partial charge on any atom is -0.449 e. The first-order chi connectivity index (χ1) is 16.2. The molecule has 7 nitrogen and oxygen atoms in total. The van der Waals surface area contributed by atoms with Crippen LogP contribution < -0.4 is 5.69 Å². The third-order valence-corrected chi connectivity index (χ3v) is 7.11. The summed E-state index contributed by atoms with van der Waals surface area (Å²) in [4.78, 5) is 32.3. The zero-order chi connectivity index (χ0) is 22.6. The van der Waals surface area contributed by atoms with Gasteiger partial charge >= 0.3 is 11.8 Å². The van der Waals surface area contributed by atoms with Gasteiger partial charge in [0.05, 0.1) is 17.6 Å². The summed E-state index contributed by atoms with van der Waals surface area (Å²) >= 11 is 0. The van der Waals surface area contributed by atoms with Gasteiger partial charge in [0, 0.05) is 25.7 Å². The maximum atomic E-state index is 12.6. The van der Waals surface area contributed by atoms with Crippen LogP contribution in [-0.4, -0.2) is 58.2 Å². The fourth-order valence-corrected chi connectivity index (χ4v) is 5.18. The van der Waals surface area contributed by atoms with Crippen LogP contribution in [0, 0.1) is 5.92 Å². The van der Waals surface area contributed by atoms with Gasteiger partial charge in [0.25, 0.3) is 0 Å². The largest absolute Gasteiger partial charge is 0.449 e. The third kappa shape index (κ3) is 4.98. The van der Waals surface area contributed by atoms with E-state index in [1.165, 1.54) is 5.56 Å². The molecular weight excluding hydrogens is 416 g/mol. The molecule has 2 saturated heterocycles. The molecule has 0 saturated carbocycles. The number of fused-ring (bicyclic) bond motifs is 1. The van der Waals surface area contributed by atoms with Crippen LogP contribution in [0.5, 0.6) is 0 Å². The highest BCUT2D eigenvalue weighted by molar-refractivity contribution is 5.75. The summed E-state index contributed by atoms with van der Waals surface area (Å²) in [5.41, 5.74) is 3.07. The van der Waals surface area contributed by atoms with Crippen LogP contribution in [0.4, 0.5) is 4.79 Å². The number of aromatic nitrogens is 2. The maximum Gasteiger partial charge on any atom is 0.409 e. The molecule has 1 N–H and O–H groups in total. The van der Waals surface area contributed by atoms with Crippen LogP contribution >= 0.6 is 0 Å². The predicted molar refractivity (Wildman–Crippen MR) is 128 cm³/mol. The number of ether oxygens (including phenoxy) is 1. The van der Waals surface area contributed by atoms with Crippen molar-refractivity contribution in [2.45, 2.75) is 38.3 Å². The van der Waals surface area contributed by atoms with Crippen molar-refractivity contribution < 1.29 is 9.53 Å². The fraction of sp³-hybridized carbons (Fsp3) is 0.462. The van der Waals surface area contributed by atoms with E-state index in [9.17, 15) is 9.59 Å². The SMILES string of the molecule is O=C(OCC1CCN(Cc2ccccc2)CC1)N1CCC(n2c(=O)[nH]c3ccccc32)CC1. The monoisotopic (exact) mass is 448 g/mol. The molecule has 33 heavy (non-hydrogen) atoms. The molecule has 2 aromatic carbocycles. The number of carbonyl (C=O) groups is 1. The summed E-state index contributed by atoms with van der Waals surface area (Å²) in [6.45, 7) is 4.81. The number of nitrogens with one attached hydrogen (secondary N) is 1. The quantitative estimate of drug-likeness (QED) is 0.640. The Hall–Kier alpha value is -3.06. The summed E-state index contributed by atoms with van der Waals surface area (Å²) in [7, 11) is 0. The van der Waals surface area contributed by atoms with Gasteiger partial charge in [0.1, 0.15) is 0 Å². The van der Waals surface area contributed by atoms with Crippen molar-refractivity contribution in [2.24, 2.45) is 5.92 Å². The number of amides is 1. The highest BCUT2D eigenvalue weighted by Gasteiger charge is 2.28. The molecule has 3 heterocycles.